The van der Waals surface area contributed by atoms with Crippen molar-refractivity contribution in [1.82, 2.24) is 24.5 Å². The van der Waals surface area contributed by atoms with E-state index in [1.165, 1.54) is 11.3 Å². The summed E-state index contributed by atoms with van der Waals surface area (Å²) in [6.45, 7) is 9.83. The SMILES string of the molecule is Cc1c(-c2cc(Nc3cc4n(n3)CCN(C)C4)c(=O)n(COP(=O)(OCCC#N)OCCC#N)n2)cccc1N1Cc2cc(C(C)(C)C)sc2C1=O. The molecular formula is C35H40N9O6PS. The third-order valence-corrected chi connectivity index (χ3v) is 11.7. The smallest absolute Gasteiger partial charge is 0.334 e. The van der Waals surface area contributed by atoms with Gasteiger partial charge < -0.3 is 10.2 Å². The molecule has 4 aromatic rings. The van der Waals surface area contributed by atoms with E-state index in [1.54, 1.807) is 11.0 Å². The number of carbonyl (C=O) groups is 1. The van der Waals surface area contributed by atoms with Crippen LogP contribution < -0.4 is 15.8 Å². The number of rotatable bonds is 13. The second-order valence-corrected chi connectivity index (χ2v) is 16.3. The van der Waals surface area contributed by atoms with Crippen molar-refractivity contribution in [3.8, 4) is 23.4 Å². The number of hydrogen-bond donors (Lipinski definition) is 1. The van der Waals surface area contributed by atoms with Crippen LogP contribution in [0.1, 0.15) is 65.0 Å². The number of fused-ring (bicyclic) bond motifs is 2. The number of likely N-dealkylation sites (N-methyl/N-ethyl adjacent to an activating group) is 1. The minimum absolute atomic E-state index is 0.0638. The summed E-state index contributed by atoms with van der Waals surface area (Å²) in [5, 5.41) is 30.3. The number of nitriles is 2. The highest BCUT2D eigenvalue weighted by Crippen LogP contribution is 2.50. The van der Waals surface area contributed by atoms with Gasteiger partial charge in [0.15, 0.2) is 12.5 Å². The van der Waals surface area contributed by atoms with Gasteiger partial charge in [-0.3, -0.25) is 32.7 Å². The van der Waals surface area contributed by atoms with Gasteiger partial charge in [-0.05, 0) is 48.7 Å². The van der Waals surface area contributed by atoms with E-state index in [-0.39, 0.29) is 43.1 Å². The fourth-order valence-corrected chi connectivity index (χ4v) is 8.22. The number of nitrogens with zero attached hydrogens (tertiary/aromatic N) is 8. The van der Waals surface area contributed by atoms with Gasteiger partial charge in [0.1, 0.15) is 5.69 Å². The molecule has 0 bridgehead atoms. The van der Waals surface area contributed by atoms with Gasteiger partial charge in [0.05, 0.1) is 67.5 Å². The van der Waals surface area contributed by atoms with Gasteiger partial charge >= 0.3 is 7.82 Å². The Balaban J connectivity index is 1.36. The molecule has 1 aromatic carbocycles. The third-order valence-electron chi connectivity index (χ3n) is 8.68. The van der Waals surface area contributed by atoms with Gasteiger partial charge in [-0.1, -0.05) is 32.9 Å². The Bertz CT molecular complexity index is 2170. The summed E-state index contributed by atoms with van der Waals surface area (Å²) >= 11 is 1.53. The van der Waals surface area contributed by atoms with Crippen molar-refractivity contribution < 1.29 is 22.9 Å². The zero-order valence-electron chi connectivity index (χ0n) is 29.7. The molecule has 272 valence electrons. The molecule has 0 radical (unpaired) electrons. The van der Waals surface area contributed by atoms with Gasteiger partial charge in [-0.2, -0.15) is 20.7 Å². The van der Waals surface area contributed by atoms with E-state index in [4.69, 9.17) is 24.1 Å². The van der Waals surface area contributed by atoms with Crippen LogP contribution in [0.5, 0.6) is 0 Å². The van der Waals surface area contributed by atoms with Crippen molar-refractivity contribution >= 4 is 42.3 Å². The Labute approximate surface area is 305 Å². The highest BCUT2D eigenvalue weighted by Gasteiger charge is 2.34. The molecule has 0 saturated heterocycles. The number of thiophene rings is 1. The van der Waals surface area contributed by atoms with Crippen molar-refractivity contribution in [2.45, 2.75) is 72.3 Å². The van der Waals surface area contributed by atoms with Gasteiger partial charge in [0.2, 0.25) is 0 Å². The molecule has 5 heterocycles. The number of nitrogens with one attached hydrogen (secondary N) is 1. The summed E-state index contributed by atoms with van der Waals surface area (Å²) in [6.07, 6.45) is -0.164. The van der Waals surface area contributed by atoms with Crippen molar-refractivity contribution in [3.05, 3.63) is 73.3 Å². The van der Waals surface area contributed by atoms with Crippen LogP contribution in [0.3, 0.4) is 0 Å². The molecule has 52 heavy (non-hydrogen) atoms. The molecule has 0 atom stereocenters. The predicted octanol–water partition coefficient (Wildman–Crippen LogP) is 6.07. The first kappa shape index (κ1) is 37.1. The van der Waals surface area contributed by atoms with Gasteiger partial charge in [0.25, 0.3) is 11.5 Å². The Morgan fingerprint density at radius 3 is 2.40 bits per heavy atom. The summed E-state index contributed by atoms with van der Waals surface area (Å²) < 4.78 is 32.5. The molecule has 1 N–H and O–H groups in total. The number of anilines is 3. The van der Waals surface area contributed by atoms with Crippen molar-refractivity contribution in [2.24, 2.45) is 0 Å². The lowest BCUT2D eigenvalue weighted by Gasteiger charge is -2.22. The molecule has 0 spiro atoms. The molecule has 0 aliphatic carbocycles. The molecule has 15 nitrogen and oxygen atoms in total. The molecule has 0 saturated carbocycles. The number of benzene rings is 1. The van der Waals surface area contributed by atoms with Gasteiger partial charge in [-0.25, -0.2) is 9.25 Å². The molecule has 0 unspecified atom stereocenters. The van der Waals surface area contributed by atoms with Crippen LogP contribution >= 0.6 is 19.2 Å². The van der Waals surface area contributed by atoms with Gasteiger partial charge in [0, 0.05) is 35.3 Å². The maximum Gasteiger partial charge on any atom is 0.476 e. The second kappa shape index (κ2) is 15.1. The molecule has 17 heteroatoms. The topological polar surface area (TPSA) is 181 Å². The van der Waals surface area contributed by atoms with Crippen LogP contribution in [0.4, 0.5) is 17.2 Å². The van der Waals surface area contributed by atoms with E-state index in [0.717, 1.165) is 37.8 Å². The number of carbonyl (C=O) groups excluding carboxylic acids is 1. The van der Waals surface area contributed by atoms with Crippen LogP contribution in [0.25, 0.3) is 11.3 Å². The van der Waals surface area contributed by atoms with E-state index in [0.29, 0.717) is 42.4 Å². The largest absolute Gasteiger partial charge is 0.476 e. The molecule has 2 aliphatic rings. The molecule has 0 fully saturated rings. The average molecular weight is 746 g/mol. The summed E-state index contributed by atoms with van der Waals surface area (Å²) in [6, 6.07) is 15.0. The monoisotopic (exact) mass is 745 g/mol. The minimum atomic E-state index is -4.30. The quantitative estimate of drug-likeness (QED) is 0.124. The highest BCUT2D eigenvalue weighted by molar-refractivity contribution is 7.48. The zero-order valence-corrected chi connectivity index (χ0v) is 31.4. The number of phosphoric acid groups is 1. The number of aromatic nitrogens is 4. The average Bonchev–Trinajstić information content (AvgIpc) is 3.79. The van der Waals surface area contributed by atoms with E-state index < -0.39 is 20.1 Å². The van der Waals surface area contributed by atoms with E-state index in [1.807, 2.05) is 55.1 Å². The lowest BCUT2D eigenvalue weighted by molar-refractivity contribution is 0.0862. The normalized spacial score (nSPS) is 14.6. The summed E-state index contributed by atoms with van der Waals surface area (Å²) in [7, 11) is -2.28. The molecule has 2 aliphatic heterocycles. The fourth-order valence-electron chi connectivity index (χ4n) is 5.94. The van der Waals surface area contributed by atoms with Crippen molar-refractivity contribution in [3.63, 3.8) is 0 Å². The van der Waals surface area contributed by atoms with E-state index in [9.17, 15) is 14.2 Å². The van der Waals surface area contributed by atoms with Crippen LogP contribution in [-0.4, -0.2) is 57.2 Å². The van der Waals surface area contributed by atoms with Gasteiger partial charge in [-0.15, -0.1) is 11.3 Å². The number of phosphoric ester groups is 1. The van der Waals surface area contributed by atoms with Crippen molar-refractivity contribution in [2.75, 3.05) is 37.0 Å². The Morgan fingerprint density at radius 1 is 1.00 bits per heavy atom. The maximum absolute atomic E-state index is 13.9. The first-order chi connectivity index (χ1) is 24.8. The first-order valence-corrected chi connectivity index (χ1v) is 19.0. The first-order valence-electron chi connectivity index (χ1n) is 16.8. The highest BCUT2D eigenvalue weighted by atomic mass is 32.1. The standard InChI is InChI=1S/C35H40N9O6PS/c1-23-26(9-6-10-29(23)42-20-24-17-30(35(2,3)4)52-32(24)34(42)46)27-19-28(38-31-18-25-21-41(5)13-14-43(25)40-31)33(45)44(39-27)22-50-51(47,48-15-7-11-36)49-16-8-12-37/h6,9-10,17-19H,7-8,13-16,20-22H2,1-5H3,(H,38,40). The molecule has 6 rings (SSSR count). The number of hydrogen-bond acceptors (Lipinski definition) is 13. The minimum Gasteiger partial charge on any atom is -0.334 e. The fraction of sp³-hybridized carbons (Fsp3) is 0.429. The Morgan fingerprint density at radius 2 is 1.73 bits per heavy atom. The van der Waals surface area contributed by atoms with Crippen molar-refractivity contribution in [1.29, 1.82) is 10.5 Å². The number of amides is 1. The Kier molecular flexibility index (Phi) is 10.8. The second-order valence-electron chi connectivity index (χ2n) is 13.6. The summed E-state index contributed by atoms with van der Waals surface area (Å²) in [4.78, 5) is 33.4. The summed E-state index contributed by atoms with van der Waals surface area (Å²) in [5.41, 5.74) is 3.93. The maximum atomic E-state index is 13.9. The third kappa shape index (κ3) is 7.88. The summed E-state index contributed by atoms with van der Waals surface area (Å²) in [5.74, 6) is 0.397. The molecule has 3 aromatic heterocycles. The Hall–Kier alpha value is -4.67. The van der Waals surface area contributed by atoms with E-state index >= 15 is 0 Å². The van der Waals surface area contributed by atoms with E-state index in [2.05, 4.69) is 47.3 Å². The lowest BCUT2D eigenvalue weighted by Crippen LogP contribution is -2.30. The zero-order chi connectivity index (χ0) is 37.2. The molecular weight excluding hydrogens is 705 g/mol. The van der Waals surface area contributed by atoms with Crippen LogP contribution in [0.15, 0.2) is 41.2 Å². The van der Waals surface area contributed by atoms with Crippen LogP contribution in [0, 0.1) is 29.6 Å². The van der Waals surface area contributed by atoms with Crippen LogP contribution in [0.2, 0.25) is 0 Å². The predicted molar refractivity (Wildman–Crippen MR) is 195 cm³/mol. The lowest BCUT2D eigenvalue weighted by atomic mass is 9.94. The van der Waals surface area contributed by atoms with Crippen LogP contribution in [-0.2, 0) is 49.9 Å². The molecule has 1 amide bonds.